The van der Waals surface area contributed by atoms with Crippen LogP contribution < -0.4 is 16.2 Å². The molecule has 7 nitrogen and oxygen atoms in total. The van der Waals surface area contributed by atoms with E-state index in [4.69, 9.17) is 11.6 Å². The average molecular weight is 549 g/mol. The lowest BCUT2D eigenvalue weighted by Crippen LogP contribution is -2.26. The number of rotatable bonds is 10. The van der Waals surface area contributed by atoms with Gasteiger partial charge in [-0.15, -0.1) is 0 Å². The Bertz CT molecular complexity index is 1540. The molecule has 0 aliphatic rings. The standard InChI is InChI=1S/C29H29ClN4O3S/c1-19-12-13-23(15-20(19)2)32-27(36)18-38-29-33-25-10-4-3-9-24(25)28(37)34(29)14-6-11-26(35)31-17-21-7-5-8-22(30)16-21/h3-5,7-10,12-13,15-16H,6,11,14,17-18H2,1-2H3,(H,31,35)(H,32,36). The Morgan fingerprint density at radius 2 is 1.79 bits per heavy atom. The summed E-state index contributed by atoms with van der Waals surface area (Å²) in [5.41, 5.74) is 4.28. The molecule has 4 rings (SSSR count). The van der Waals surface area contributed by atoms with Crippen LogP contribution >= 0.6 is 23.4 Å². The highest BCUT2D eigenvalue weighted by Gasteiger charge is 2.14. The van der Waals surface area contributed by atoms with E-state index in [-0.39, 0.29) is 29.5 Å². The molecule has 38 heavy (non-hydrogen) atoms. The Morgan fingerprint density at radius 1 is 0.974 bits per heavy atom. The maximum atomic E-state index is 13.3. The summed E-state index contributed by atoms with van der Waals surface area (Å²) in [6, 6.07) is 20.2. The number of carbonyl (C=O) groups is 2. The molecule has 4 aromatic rings. The molecule has 0 saturated carbocycles. The van der Waals surface area contributed by atoms with E-state index in [9.17, 15) is 14.4 Å². The van der Waals surface area contributed by atoms with Crippen molar-refractivity contribution in [2.75, 3.05) is 11.1 Å². The van der Waals surface area contributed by atoms with Gasteiger partial charge in [-0.3, -0.25) is 19.0 Å². The molecule has 0 radical (unpaired) electrons. The molecule has 0 atom stereocenters. The van der Waals surface area contributed by atoms with Gasteiger partial charge in [0.25, 0.3) is 5.56 Å². The Labute approximate surface area is 230 Å². The quantitative estimate of drug-likeness (QED) is 0.202. The summed E-state index contributed by atoms with van der Waals surface area (Å²) in [5, 5.41) is 7.35. The third-order valence-corrected chi connectivity index (χ3v) is 7.33. The van der Waals surface area contributed by atoms with Crippen LogP contribution in [0.2, 0.25) is 5.02 Å². The lowest BCUT2D eigenvalue weighted by atomic mass is 10.1. The van der Waals surface area contributed by atoms with Crippen molar-refractivity contribution in [3.63, 3.8) is 0 Å². The molecule has 2 amide bonds. The molecule has 3 aromatic carbocycles. The maximum Gasteiger partial charge on any atom is 0.262 e. The van der Waals surface area contributed by atoms with Gasteiger partial charge in [-0.25, -0.2) is 4.98 Å². The van der Waals surface area contributed by atoms with E-state index >= 15 is 0 Å². The van der Waals surface area contributed by atoms with Gasteiger partial charge in [0.05, 0.1) is 16.7 Å². The van der Waals surface area contributed by atoms with Crippen molar-refractivity contribution in [1.29, 1.82) is 0 Å². The molecular formula is C29H29ClN4O3S. The second kappa shape index (κ2) is 12.8. The first-order valence-corrected chi connectivity index (χ1v) is 13.7. The van der Waals surface area contributed by atoms with Gasteiger partial charge in [-0.1, -0.05) is 53.7 Å². The molecule has 0 saturated heterocycles. The predicted octanol–water partition coefficient (Wildman–Crippen LogP) is 5.49. The summed E-state index contributed by atoms with van der Waals surface area (Å²) >= 11 is 7.21. The summed E-state index contributed by atoms with van der Waals surface area (Å²) in [7, 11) is 0. The molecular weight excluding hydrogens is 520 g/mol. The molecule has 0 spiro atoms. The monoisotopic (exact) mass is 548 g/mol. The van der Waals surface area contributed by atoms with Crippen molar-refractivity contribution in [2.24, 2.45) is 0 Å². The molecule has 0 fully saturated rings. The number of carbonyl (C=O) groups excluding carboxylic acids is 2. The van der Waals surface area contributed by atoms with Crippen LogP contribution in [-0.4, -0.2) is 27.1 Å². The van der Waals surface area contributed by atoms with E-state index in [1.54, 1.807) is 28.8 Å². The van der Waals surface area contributed by atoms with Crippen LogP contribution in [0.15, 0.2) is 76.7 Å². The van der Waals surface area contributed by atoms with Crippen LogP contribution in [0.5, 0.6) is 0 Å². The average Bonchev–Trinajstić information content (AvgIpc) is 2.90. The summed E-state index contributed by atoms with van der Waals surface area (Å²) < 4.78 is 1.56. The topological polar surface area (TPSA) is 93.1 Å². The van der Waals surface area contributed by atoms with E-state index < -0.39 is 0 Å². The predicted molar refractivity (Wildman–Crippen MR) is 154 cm³/mol. The first-order chi connectivity index (χ1) is 18.3. The van der Waals surface area contributed by atoms with Gasteiger partial charge < -0.3 is 10.6 Å². The number of anilines is 1. The number of thioether (sulfide) groups is 1. The van der Waals surface area contributed by atoms with Crippen LogP contribution in [-0.2, 0) is 22.7 Å². The molecule has 0 unspecified atom stereocenters. The molecule has 196 valence electrons. The highest BCUT2D eigenvalue weighted by atomic mass is 35.5. The summed E-state index contributed by atoms with van der Waals surface area (Å²) in [4.78, 5) is 43.0. The van der Waals surface area contributed by atoms with E-state index in [0.29, 0.717) is 40.6 Å². The van der Waals surface area contributed by atoms with Crippen molar-refractivity contribution >= 4 is 51.8 Å². The number of aromatic nitrogens is 2. The van der Waals surface area contributed by atoms with Crippen LogP contribution in [0.3, 0.4) is 0 Å². The lowest BCUT2D eigenvalue weighted by molar-refractivity contribution is -0.121. The van der Waals surface area contributed by atoms with Crippen molar-refractivity contribution in [2.45, 2.75) is 44.9 Å². The minimum absolute atomic E-state index is 0.0951. The minimum Gasteiger partial charge on any atom is -0.352 e. The zero-order valence-corrected chi connectivity index (χ0v) is 22.9. The number of aryl methyl sites for hydroxylation is 2. The van der Waals surface area contributed by atoms with E-state index in [1.807, 2.05) is 56.3 Å². The van der Waals surface area contributed by atoms with Gasteiger partial charge in [-0.2, -0.15) is 0 Å². The Hall–Kier alpha value is -3.62. The van der Waals surface area contributed by atoms with Crippen molar-refractivity contribution in [3.05, 3.63) is 98.8 Å². The normalized spacial score (nSPS) is 10.9. The number of hydrogen-bond acceptors (Lipinski definition) is 5. The minimum atomic E-state index is -0.188. The number of halogens is 1. The van der Waals surface area contributed by atoms with Gasteiger partial charge >= 0.3 is 0 Å². The van der Waals surface area contributed by atoms with Gasteiger partial charge in [0.2, 0.25) is 11.8 Å². The molecule has 1 heterocycles. The number of nitrogens with zero attached hydrogens (tertiary/aromatic N) is 2. The van der Waals surface area contributed by atoms with Crippen molar-refractivity contribution < 1.29 is 9.59 Å². The smallest absolute Gasteiger partial charge is 0.262 e. The zero-order chi connectivity index (χ0) is 27.1. The number of hydrogen-bond donors (Lipinski definition) is 2. The second-order valence-corrected chi connectivity index (χ2v) is 10.4. The third kappa shape index (κ3) is 7.24. The second-order valence-electron chi connectivity index (χ2n) is 9.01. The third-order valence-electron chi connectivity index (χ3n) is 6.11. The number of nitrogens with one attached hydrogen (secondary N) is 2. The van der Waals surface area contributed by atoms with Crippen LogP contribution in [0, 0.1) is 13.8 Å². The Balaban J connectivity index is 1.41. The number of para-hydroxylation sites is 1. The fourth-order valence-electron chi connectivity index (χ4n) is 3.94. The van der Waals surface area contributed by atoms with Gasteiger partial charge in [0, 0.05) is 30.2 Å². The van der Waals surface area contributed by atoms with Crippen LogP contribution in [0.1, 0.15) is 29.5 Å². The summed E-state index contributed by atoms with van der Waals surface area (Å²) in [5.74, 6) is -0.209. The molecule has 0 aliphatic carbocycles. The number of amides is 2. The van der Waals surface area contributed by atoms with Crippen molar-refractivity contribution in [3.8, 4) is 0 Å². The molecule has 0 aliphatic heterocycles. The highest BCUT2D eigenvalue weighted by molar-refractivity contribution is 7.99. The largest absolute Gasteiger partial charge is 0.352 e. The molecule has 1 aromatic heterocycles. The highest BCUT2D eigenvalue weighted by Crippen LogP contribution is 2.20. The SMILES string of the molecule is Cc1ccc(NC(=O)CSc2nc3ccccc3c(=O)n2CCCC(=O)NCc2cccc(Cl)c2)cc1C. The lowest BCUT2D eigenvalue weighted by Gasteiger charge is -2.13. The molecule has 0 bridgehead atoms. The van der Waals surface area contributed by atoms with Crippen molar-refractivity contribution in [1.82, 2.24) is 14.9 Å². The summed E-state index contributed by atoms with van der Waals surface area (Å²) in [6.07, 6.45) is 0.695. The fraction of sp³-hybridized carbons (Fsp3) is 0.241. The molecule has 2 N–H and O–H groups in total. The van der Waals surface area contributed by atoms with E-state index in [2.05, 4.69) is 15.6 Å². The number of fused-ring (bicyclic) bond motifs is 1. The van der Waals surface area contributed by atoms with E-state index in [1.165, 1.54) is 11.8 Å². The van der Waals surface area contributed by atoms with E-state index in [0.717, 1.165) is 22.4 Å². The Morgan fingerprint density at radius 3 is 2.58 bits per heavy atom. The Kier molecular flexibility index (Phi) is 9.20. The fourth-order valence-corrected chi connectivity index (χ4v) is 4.97. The summed E-state index contributed by atoms with van der Waals surface area (Å²) in [6.45, 7) is 4.70. The molecule has 9 heteroatoms. The van der Waals surface area contributed by atoms with Gasteiger partial charge in [-0.05, 0) is 73.4 Å². The maximum absolute atomic E-state index is 13.3. The first kappa shape index (κ1) is 27.4. The zero-order valence-electron chi connectivity index (χ0n) is 21.3. The van der Waals surface area contributed by atoms with Gasteiger partial charge in [0.1, 0.15) is 0 Å². The first-order valence-electron chi connectivity index (χ1n) is 12.3. The number of benzene rings is 3. The van der Waals surface area contributed by atoms with Crippen LogP contribution in [0.25, 0.3) is 10.9 Å². The van der Waals surface area contributed by atoms with Gasteiger partial charge in [0.15, 0.2) is 5.16 Å². The van der Waals surface area contributed by atoms with Crippen LogP contribution in [0.4, 0.5) is 5.69 Å².